The molecule has 0 aliphatic carbocycles. The average molecular weight is 304 g/mol. The number of rotatable bonds is 4. The standard InChI is InChI=1S/C16H20N2O2S/c1-12-9-10-14(11-15(12)18(3)4)17-21(19,20)16-8-6-5-7-13(16)2/h5-11,17H,1-4H3. The van der Waals surface area contributed by atoms with E-state index in [4.69, 9.17) is 0 Å². The molecule has 0 unspecified atom stereocenters. The Balaban J connectivity index is 2.38. The molecule has 0 heterocycles. The predicted octanol–water partition coefficient (Wildman–Crippen LogP) is 3.17. The van der Waals surface area contributed by atoms with Gasteiger partial charge in [0.1, 0.15) is 0 Å². The zero-order chi connectivity index (χ0) is 15.6. The Morgan fingerprint density at radius 2 is 1.62 bits per heavy atom. The van der Waals surface area contributed by atoms with Crippen molar-refractivity contribution in [2.24, 2.45) is 0 Å². The van der Waals surface area contributed by atoms with Gasteiger partial charge in [0.2, 0.25) is 0 Å². The van der Waals surface area contributed by atoms with Crippen LogP contribution in [0.2, 0.25) is 0 Å². The molecule has 0 saturated heterocycles. The molecular formula is C16H20N2O2S. The molecule has 2 aromatic carbocycles. The average Bonchev–Trinajstić information content (AvgIpc) is 2.40. The van der Waals surface area contributed by atoms with Crippen molar-refractivity contribution in [2.45, 2.75) is 18.7 Å². The van der Waals surface area contributed by atoms with E-state index in [1.807, 2.05) is 44.1 Å². The quantitative estimate of drug-likeness (QED) is 0.944. The molecule has 0 aliphatic rings. The molecule has 0 aliphatic heterocycles. The first kappa shape index (κ1) is 15.4. The van der Waals surface area contributed by atoms with E-state index < -0.39 is 10.0 Å². The van der Waals surface area contributed by atoms with Crippen molar-refractivity contribution < 1.29 is 8.42 Å². The van der Waals surface area contributed by atoms with Crippen LogP contribution >= 0.6 is 0 Å². The fourth-order valence-corrected chi connectivity index (χ4v) is 3.52. The summed E-state index contributed by atoms with van der Waals surface area (Å²) in [5.41, 5.74) is 3.37. The maximum Gasteiger partial charge on any atom is 0.262 e. The van der Waals surface area contributed by atoms with E-state index in [9.17, 15) is 8.42 Å². The first-order valence-electron chi connectivity index (χ1n) is 6.67. The topological polar surface area (TPSA) is 49.4 Å². The van der Waals surface area contributed by atoms with Gasteiger partial charge in [-0.05, 0) is 43.2 Å². The van der Waals surface area contributed by atoms with Crippen LogP contribution in [0.25, 0.3) is 0 Å². The number of hydrogen-bond acceptors (Lipinski definition) is 3. The largest absolute Gasteiger partial charge is 0.377 e. The van der Waals surface area contributed by atoms with Gasteiger partial charge in [-0.15, -0.1) is 0 Å². The molecule has 5 heteroatoms. The summed E-state index contributed by atoms with van der Waals surface area (Å²) in [5, 5.41) is 0. The van der Waals surface area contributed by atoms with E-state index >= 15 is 0 Å². The summed E-state index contributed by atoms with van der Waals surface area (Å²) in [5.74, 6) is 0. The highest BCUT2D eigenvalue weighted by molar-refractivity contribution is 7.92. The van der Waals surface area contributed by atoms with E-state index in [-0.39, 0.29) is 0 Å². The number of hydrogen-bond donors (Lipinski definition) is 1. The van der Waals surface area contributed by atoms with Gasteiger partial charge < -0.3 is 4.90 Å². The first-order valence-corrected chi connectivity index (χ1v) is 8.16. The second kappa shape index (κ2) is 5.77. The Morgan fingerprint density at radius 1 is 0.952 bits per heavy atom. The van der Waals surface area contributed by atoms with Gasteiger partial charge in [-0.2, -0.15) is 0 Å². The van der Waals surface area contributed by atoms with Crippen LogP contribution in [0.15, 0.2) is 47.4 Å². The number of nitrogens with one attached hydrogen (secondary N) is 1. The fraction of sp³-hybridized carbons (Fsp3) is 0.250. The summed E-state index contributed by atoms with van der Waals surface area (Å²) < 4.78 is 27.6. The third kappa shape index (κ3) is 3.36. The number of benzene rings is 2. The molecule has 4 nitrogen and oxygen atoms in total. The van der Waals surface area contributed by atoms with Crippen molar-refractivity contribution in [2.75, 3.05) is 23.7 Å². The number of sulfonamides is 1. The zero-order valence-corrected chi connectivity index (χ0v) is 13.5. The molecular weight excluding hydrogens is 284 g/mol. The van der Waals surface area contributed by atoms with Gasteiger partial charge >= 0.3 is 0 Å². The van der Waals surface area contributed by atoms with Crippen LogP contribution in [0.1, 0.15) is 11.1 Å². The van der Waals surface area contributed by atoms with Crippen LogP contribution in [0, 0.1) is 13.8 Å². The Bertz CT molecular complexity index is 753. The number of anilines is 2. The predicted molar refractivity (Wildman–Crippen MR) is 87.5 cm³/mol. The van der Waals surface area contributed by atoms with E-state index in [0.29, 0.717) is 10.6 Å². The van der Waals surface area contributed by atoms with E-state index in [1.165, 1.54) is 0 Å². The highest BCUT2D eigenvalue weighted by atomic mass is 32.2. The SMILES string of the molecule is Cc1ccc(NS(=O)(=O)c2ccccc2C)cc1N(C)C. The summed E-state index contributed by atoms with van der Waals surface area (Å²) in [7, 11) is 0.297. The van der Waals surface area contributed by atoms with Crippen molar-refractivity contribution in [3.8, 4) is 0 Å². The number of aryl methyl sites for hydroxylation is 2. The first-order chi connectivity index (χ1) is 9.81. The maximum atomic E-state index is 12.5. The molecule has 2 aromatic rings. The van der Waals surface area contributed by atoms with E-state index in [0.717, 1.165) is 16.8 Å². The maximum absolute atomic E-state index is 12.5. The second-order valence-corrected chi connectivity index (χ2v) is 6.92. The lowest BCUT2D eigenvalue weighted by atomic mass is 10.2. The number of nitrogens with zero attached hydrogens (tertiary/aromatic N) is 1. The molecule has 0 saturated carbocycles. The minimum Gasteiger partial charge on any atom is -0.377 e. The highest BCUT2D eigenvalue weighted by Crippen LogP contribution is 2.25. The lowest BCUT2D eigenvalue weighted by Crippen LogP contribution is -2.15. The van der Waals surface area contributed by atoms with Gasteiger partial charge in [-0.1, -0.05) is 24.3 Å². The Hall–Kier alpha value is -2.01. The third-order valence-corrected chi connectivity index (χ3v) is 4.87. The molecule has 0 aromatic heterocycles. The normalized spacial score (nSPS) is 11.2. The summed E-state index contributed by atoms with van der Waals surface area (Å²) in [4.78, 5) is 2.26. The molecule has 0 amide bonds. The molecule has 2 rings (SSSR count). The van der Waals surface area contributed by atoms with Gasteiger partial charge in [-0.25, -0.2) is 8.42 Å². The van der Waals surface area contributed by atoms with Crippen LogP contribution in [0.3, 0.4) is 0 Å². The minimum absolute atomic E-state index is 0.303. The van der Waals surface area contributed by atoms with Gasteiger partial charge in [0.05, 0.1) is 10.6 Å². The fourth-order valence-electron chi connectivity index (χ4n) is 2.22. The summed E-state index contributed by atoms with van der Waals surface area (Å²) in [6.07, 6.45) is 0. The summed E-state index contributed by atoms with van der Waals surface area (Å²) in [6.45, 7) is 3.78. The molecule has 1 N–H and O–H groups in total. The van der Waals surface area contributed by atoms with E-state index in [1.54, 1.807) is 31.2 Å². The van der Waals surface area contributed by atoms with Crippen LogP contribution < -0.4 is 9.62 Å². The molecule has 0 bridgehead atoms. The zero-order valence-electron chi connectivity index (χ0n) is 12.7. The van der Waals surface area contributed by atoms with Crippen LogP contribution in [-0.4, -0.2) is 22.5 Å². The smallest absolute Gasteiger partial charge is 0.262 e. The van der Waals surface area contributed by atoms with Crippen molar-refractivity contribution in [1.82, 2.24) is 0 Å². The molecule has 21 heavy (non-hydrogen) atoms. The Labute approximate surface area is 126 Å². The van der Waals surface area contributed by atoms with E-state index in [2.05, 4.69) is 4.72 Å². The monoisotopic (exact) mass is 304 g/mol. The lowest BCUT2D eigenvalue weighted by Gasteiger charge is -2.17. The van der Waals surface area contributed by atoms with Gasteiger partial charge in [0.15, 0.2) is 0 Å². The van der Waals surface area contributed by atoms with Gasteiger partial charge in [0.25, 0.3) is 10.0 Å². The molecule has 0 fully saturated rings. The Morgan fingerprint density at radius 3 is 2.24 bits per heavy atom. The molecule has 0 spiro atoms. The van der Waals surface area contributed by atoms with Crippen molar-refractivity contribution in [1.29, 1.82) is 0 Å². The Kier molecular flexibility index (Phi) is 4.23. The lowest BCUT2D eigenvalue weighted by molar-refractivity contribution is 0.600. The van der Waals surface area contributed by atoms with Crippen molar-refractivity contribution in [3.63, 3.8) is 0 Å². The molecule has 0 radical (unpaired) electrons. The van der Waals surface area contributed by atoms with Crippen LogP contribution in [0.4, 0.5) is 11.4 Å². The van der Waals surface area contributed by atoms with Gasteiger partial charge in [0, 0.05) is 19.8 Å². The van der Waals surface area contributed by atoms with Crippen molar-refractivity contribution in [3.05, 3.63) is 53.6 Å². The highest BCUT2D eigenvalue weighted by Gasteiger charge is 2.16. The van der Waals surface area contributed by atoms with Crippen LogP contribution in [-0.2, 0) is 10.0 Å². The second-order valence-electron chi connectivity index (χ2n) is 5.27. The van der Waals surface area contributed by atoms with Crippen LogP contribution in [0.5, 0.6) is 0 Å². The minimum atomic E-state index is -3.57. The molecule has 112 valence electrons. The molecule has 0 atom stereocenters. The van der Waals surface area contributed by atoms with Gasteiger partial charge in [-0.3, -0.25) is 4.72 Å². The summed E-state index contributed by atoms with van der Waals surface area (Å²) >= 11 is 0. The third-order valence-electron chi connectivity index (χ3n) is 3.33. The summed E-state index contributed by atoms with van der Waals surface area (Å²) in [6, 6.07) is 12.5. The van der Waals surface area contributed by atoms with Crippen molar-refractivity contribution >= 4 is 21.4 Å².